The van der Waals surface area contributed by atoms with Crippen LogP contribution in [0.1, 0.15) is 12.8 Å². The van der Waals surface area contributed by atoms with Crippen molar-refractivity contribution in [1.29, 1.82) is 0 Å². The third-order valence-corrected chi connectivity index (χ3v) is 3.89. The lowest BCUT2D eigenvalue weighted by molar-refractivity contribution is 0.122. The van der Waals surface area contributed by atoms with E-state index in [1.54, 1.807) is 0 Å². The Morgan fingerprint density at radius 3 is 2.58 bits per heavy atom. The zero-order valence-corrected chi connectivity index (χ0v) is 11.2. The third-order valence-electron chi connectivity index (χ3n) is 3.89. The van der Waals surface area contributed by atoms with Gasteiger partial charge in [0.2, 0.25) is 0 Å². The molecule has 1 aromatic heterocycles. The maximum atomic E-state index is 9.57. The van der Waals surface area contributed by atoms with Crippen molar-refractivity contribution in [2.75, 3.05) is 49.2 Å². The molecule has 3 rings (SSSR count). The zero-order valence-electron chi connectivity index (χ0n) is 11.2. The zero-order chi connectivity index (χ0) is 13.1. The molecular formula is C14H21N3O2. The summed E-state index contributed by atoms with van der Waals surface area (Å²) >= 11 is 0. The molecule has 0 radical (unpaired) electrons. The van der Waals surface area contributed by atoms with Gasteiger partial charge in [0.25, 0.3) is 0 Å². The van der Waals surface area contributed by atoms with Crippen LogP contribution in [0.25, 0.3) is 0 Å². The number of rotatable bonds is 2. The summed E-state index contributed by atoms with van der Waals surface area (Å²) in [5.74, 6) is 1.03. The summed E-state index contributed by atoms with van der Waals surface area (Å²) in [5, 5.41) is 9.57. The van der Waals surface area contributed by atoms with Gasteiger partial charge in [0.1, 0.15) is 5.82 Å². The molecule has 0 bridgehead atoms. The molecule has 2 saturated heterocycles. The van der Waals surface area contributed by atoms with E-state index in [0.29, 0.717) is 0 Å². The fourth-order valence-electron chi connectivity index (χ4n) is 2.69. The van der Waals surface area contributed by atoms with Crippen LogP contribution in [-0.2, 0) is 4.74 Å². The van der Waals surface area contributed by atoms with Gasteiger partial charge in [-0.2, -0.15) is 0 Å². The van der Waals surface area contributed by atoms with Crippen molar-refractivity contribution in [3.63, 3.8) is 0 Å². The number of morpholine rings is 1. The number of aliphatic hydroxyl groups is 1. The van der Waals surface area contributed by atoms with Gasteiger partial charge in [0.05, 0.1) is 19.3 Å². The summed E-state index contributed by atoms with van der Waals surface area (Å²) in [5.41, 5.74) is 1.21. The molecule has 0 amide bonds. The molecule has 1 aromatic rings. The standard InChI is InChI=1S/C14H21N3O2/c18-13-2-5-16(6-3-13)12-1-4-15-14(11-12)17-7-9-19-10-8-17/h1,4,11,13,18H,2-3,5-10H2. The largest absolute Gasteiger partial charge is 0.393 e. The van der Waals surface area contributed by atoms with Crippen molar-refractivity contribution in [1.82, 2.24) is 4.98 Å². The molecule has 0 atom stereocenters. The Bertz CT molecular complexity index is 413. The molecule has 0 aliphatic carbocycles. The molecule has 1 N–H and O–H groups in total. The Morgan fingerprint density at radius 2 is 1.84 bits per heavy atom. The van der Waals surface area contributed by atoms with E-state index < -0.39 is 0 Å². The first-order valence-electron chi connectivity index (χ1n) is 7.05. The molecule has 3 heterocycles. The number of hydrogen-bond donors (Lipinski definition) is 1. The molecule has 0 spiro atoms. The maximum absolute atomic E-state index is 9.57. The molecule has 2 aliphatic rings. The lowest BCUT2D eigenvalue weighted by Crippen LogP contribution is -2.38. The van der Waals surface area contributed by atoms with Gasteiger partial charge in [-0.05, 0) is 18.9 Å². The molecule has 5 heteroatoms. The summed E-state index contributed by atoms with van der Waals surface area (Å²) in [6.45, 7) is 5.23. The summed E-state index contributed by atoms with van der Waals surface area (Å²) in [6.07, 6.45) is 3.46. The molecule has 0 aromatic carbocycles. The van der Waals surface area contributed by atoms with Crippen molar-refractivity contribution in [3.05, 3.63) is 18.3 Å². The van der Waals surface area contributed by atoms with Gasteiger partial charge in [-0.1, -0.05) is 0 Å². The second-order valence-electron chi connectivity index (χ2n) is 5.19. The van der Waals surface area contributed by atoms with Gasteiger partial charge in [-0.3, -0.25) is 0 Å². The van der Waals surface area contributed by atoms with Crippen molar-refractivity contribution >= 4 is 11.5 Å². The van der Waals surface area contributed by atoms with Gasteiger partial charge in [0, 0.05) is 44.1 Å². The molecular weight excluding hydrogens is 242 g/mol. The van der Waals surface area contributed by atoms with Crippen LogP contribution in [-0.4, -0.2) is 55.6 Å². The van der Waals surface area contributed by atoms with E-state index in [1.165, 1.54) is 5.69 Å². The van der Waals surface area contributed by atoms with Gasteiger partial charge < -0.3 is 19.6 Å². The van der Waals surface area contributed by atoms with Crippen LogP contribution in [0.5, 0.6) is 0 Å². The van der Waals surface area contributed by atoms with E-state index in [1.807, 2.05) is 6.20 Å². The Hall–Kier alpha value is -1.33. The minimum atomic E-state index is -0.128. The van der Waals surface area contributed by atoms with E-state index >= 15 is 0 Å². The first-order valence-corrected chi connectivity index (χ1v) is 7.05. The molecule has 19 heavy (non-hydrogen) atoms. The van der Waals surface area contributed by atoms with Gasteiger partial charge in [0.15, 0.2) is 0 Å². The van der Waals surface area contributed by atoms with Crippen LogP contribution in [0.4, 0.5) is 11.5 Å². The lowest BCUT2D eigenvalue weighted by Gasteiger charge is -2.33. The molecule has 2 fully saturated rings. The van der Waals surface area contributed by atoms with Gasteiger partial charge in [-0.15, -0.1) is 0 Å². The van der Waals surface area contributed by atoms with E-state index in [2.05, 4.69) is 26.9 Å². The molecule has 2 aliphatic heterocycles. The number of aliphatic hydroxyl groups excluding tert-OH is 1. The van der Waals surface area contributed by atoms with E-state index in [-0.39, 0.29) is 6.10 Å². The average molecular weight is 263 g/mol. The summed E-state index contributed by atoms with van der Waals surface area (Å²) < 4.78 is 5.37. The smallest absolute Gasteiger partial charge is 0.130 e. The third kappa shape index (κ3) is 2.98. The van der Waals surface area contributed by atoms with Crippen LogP contribution in [0.15, 0.2) is 18.3 Å². The highest BCUT2D eigenvalue weighted by Crippen LogP contribution is 2.23. The molecule has 5 nitrogen and oxygen atoms in total. The first kappa shape index (κ1) is 12.7. The van der Waals surface area contributed by atoms with E-state index in [4.69, 9.17) is 4.74 Å². The first-order chi connectivity index (χ1) is 9.33. The SMILES string of the molecule is OC1CCN(c2ccnc(N3CCOCC3)c2)CC1. The van der Waals surface area contributed by atoms with E-state index in [0.717, 1.165) is 58.1 Å². The summed E-state index contributed by atoms with van der Waals surface area (Å²) in [7, 11) is 0. The average Bonchev–Trinajstić information content (AvgIpc) is 2.49. The predicted octanol–water partition coefficient (Wildman–Crippen LogP) is 0.879. The van der Waals surface area contributed by atoms with Crippen molar-refractivity contribution < 1.29 is 9.84 Å². The predicted molar refractivity (Wildman–Crippen MR) is 74.7 cm³/mol. The molecule has 104 valence electrons. The highest BCUT2D eigenvalue weighted by molar-refractivity contribution is 5.55. The number of aromatic nitrogens is 1. The van der Waals surface area contributed by atoms with E-state index in [9.17, 15) is 5.11 Å². The fraction of sp³-hybridized carbons (Fsp3) is 0.643. The lowest BCUT2D eigenvalue weighted by atomic mass is 10.1. The van der Waals surface area contributed by atoms with Crippen molar-refractivity contribution in [3.8, 4) is 0 Å². The number of nitrogens with zero attached hydrogens (tertiary/aromatic N) is 3. The van der Waals surface area contributed by atoms with Gasteiger partial charge in [-0.25, -0.2) is 4.98 Å². The van der Waals surface area contributed by atoms with Crippen LogP contribution >= 0.6 is 0 Å². The number of hydrogen-bond acceptors (Lipinski definition) is 5. The van der Waals surface area contributed by atoms with Crippen molar-refractivity contribution in [2.45, 2.75) is 18.9 Å². The van der Waals surface area contributed by atoms with Crippen LogP contribution in [0, 0.1) is 0 Å². The number of piperidine rings is 1. The Balaban J connectivity index is 1.72. The molecule has 0 unspecified atom stereocenters. The van der Waals surface area contributed by atoms with Crippen molar-refractivity contribution in [2.24, 2.45) is 0 Å². The second kappa shape index (κ2) is 5.75. The topological polar surface area (TPSA) is 48.8 Å². The maximum Gasteiger partial charge on any atom is 0.130 e. The summed E-state index contributed by atoms with van der Waals surface area (Å²) in [6, 6.07) is 4.21. The fourth-order valence-corrected chi connectivity index (χ4v) is 2.69. The second-order valence-corrected chi connectivity index (χ2v) is 5.19. The van der Waals surface area contributed by atoms with Crippen LogP contribution in [0.2, 0.25) is 0 Å². The monoisotopic (exact) mass is 263 g/mol. The minimum Gasteiger partial charge on any atom is -0.393 e. The quantitative estimate of drug-likeness (QED) is 0.858. The van der Waals surface area contributed by atoms with Crippen LogP contribution < -0.4 is 9.80 Å². The minimum absolute atomic E-state index is 0.128. The number of pyridine rings is 1. The molecule has 0 saturated carbocycles. The Labute approximate surface area is 113 Å². The summed E-state index contributed by atoms with van der Waals surface area (Å²) in [4.78, 5) is 9.07. The van der Waals surface area contributed by atoms with Crippen LogP contribution in [0.3, 0.4) is 0 Å². The number of anilines is 2. The normalized spacial score (nSPS) is 21.7. The number of ether oxygens (including phenoxy) is 1. The highest BCUT2D eigenvalue weighted by atomic mass is 16.5. The van der Waals surface area contributed by atoms with Gasteiger partial charge >= 0.3 is 0 Å². The highest BCUT2D eigenvalue weighted by Gasteiger charge is 2.19. The Morgan fingerprint density at radius 1 is 1.11 bits per heavy atom. The Kier molecular flexibility index (Phi) is 3.84.